The van der Waals surface area contributed by atoms with E-state index in [0.717, 1.165) is 0 Å². The second-order valence-corrected chi connectivity index (χ2v) is 6.69. The Labute approximate surface area is 183 Å². The van der Waals surface area contributed by atoms with E-state index in [1.807, 2.05) is 0 Å². The number of urea groups is 1. The first-order chi connectivity index (χ1) is 15.0. The maximum atomic E-state index is 12.0. The second kappa shape index (κ2) is 10.7. The molecule has 4 N–H and O–H groups in total. The molecule has 0 fully saturated rings. The Morgan fingerprint density at radius 2 is 1.55 bits per heavy atom. The van der Waals surface area contributed by atoms with Gasteiger partial charge in [-0.3, -0.25) is 4.79 Å². The highest BCUT2D eigenvalue weighted by Gasteiger charge is 2.05. The molecule has 3 aromatic rings. The van der Waals surface area contributed by atoms with Crippen molar-refractivity contribution in [3.05, 3.63) is 83.4 Å². The fourth-order valence-electron chi connectivity index (χ4n) is 2.41. The number of halogens is 1. The van der Waals surface area contributed by atoms with Gasteiger partial charge in [-0.15, -0.1) is 0 Å². The third-order valence-corrected chi connectivity index (χ3v) is 4.17. The van der Waals surface area contributed by atoms with E-state index in [1.165, 1.54) is 12.3 Å². The molecule has 8 nitrogen and oxygen atoms in total. The van der Waals surface area contributed by atoms with E-state index in [-0.39, 0.29) is 12.4 Å². The average molecular weight is 439 g/mol. The first kappa shape index (κ1) is 21.7. The molecule has 0 saturated carbocycles. The molecule has 31 heavy (non-hydrogen) atoms. The monoisotopic (exact) mass is 438 g/mol. The lowest BCUT2D eigenvalue weighted by Gasteiger charge is -2.09. The molecule has 3 aromatic carbocycles. The maximum absolute atomic E-state index is 12.0. The quantitative estimate of drug-likeness (QED) is 0.327. The number of ether oxygens (including phenoxy) is 1. The van der Waals surface area contributed by atoms with Gasteiger partial charge < -0.3 is 20.5 Å². The van der Waals surface area contributed by atoms with Crippen molar-refractivity contribution in [2.45, 2.75) is 0 Å². The molecule has 0 bridgehead atoms. The largest absolute Gasteiger partial charge is 0.507 e. The Balaban J connectivity index is 1.42. The standard InChI is InChI=1S/C22H19ClN4O4/c23-16-5-7-17(8-6-16)25-22(30)26-18-9-11-19(12-10-18)31-14-21(29)27-24-13-15-3-1-2-4-20(15)28/h1-13,28H,14H2,(H,27,29)(H2,25,26,30)/b24-13+. The lowest BCUT2D eigenvalue weighted by atomic mass is 10.2. The highest BCUT2D eigenvalue weighted by atomic mass is 35.5. The van der Waals surface area contributed by atoms with E-state index in [1.54, 1.807) is 66.7 Å². The summed E-state index contributed by atoms with van der Waals surface area (Å²) in [4.78, 5) is 23.8. The number of anilines is 2. The van der Waals surface area contributed by atoms with Gasteiger partial charge >= 0.3 is 6.03 Å². The van der Waals surface area contributed by atoms with Crippen molar-refractivity contribution in [2.75, 3.05) is 17.2 Å². The van der Waals surface area contributed by atoms with Gasteiger partial charge in [0, 0.05) is 22.0 Å². The summed E-state index contributed by atoms with van der Waals surface area (Å²) in [7, 11) is 0. The first-order valence-electron chi connectivity index (χ1n) is 9.16. The zero-order chi connectivity index (χ0) is 22.1. The van der Waals surface area contributed by atoms with Gasteiger partial charge in [0.2, 0.25) is 0 Å². The Morgan fingerprint density at radius 1 is 0.935 bits per heavy atom. The lowest BCUT2D eigenvalue weighted by Crippen LogP contribution is -2.24. The summed E-state index contributed by atoms with van der Waals surface area (Å²) in [5, 5.41) is 19.4. The van der Waals surface area contributed by atoms with E-state index in [9.17, 15) is 14.7 Å². The van der Waals surface area contributed by atoms with Crippen LogP contribution in [0.4, 0.5) is 16.2 Å². The molecule has 0 heterocycles. The van der Waals surface area contributed by atoms with E-state index in [2.05, 4.69) is 21.2 Å². The number of hydrazone groups is 1. The molecule has 0 atom stereocenters. The van der Waals surface area contributed by atoms with Gasteiger partial charge in [0.05, 0.1) is 6.21 Å². The van der Waals surface area contributed by atoms with E-state index >= 15 is 0 Å². The summed E-state index contributed by atoms with van der Waals surface area (Å²) >= 11 is 5.81. The van der Waals surface area contributed by atoms with Crippen LogP contribution in [0.15, 0.2) is 77.9 Å². The summed E-state index contributed by atoms with van der Waals surface area (Å²) in [6.45, 7) is -0.248. The summed E-state index contributed by atoms with van der Waals surface area (Å²) in [6.07, 6.45) is 1.34. The van der Waals surface area contributed by atoms with Crippen molar-refractivity contribution in [3.63, 3.8) is 0 Å². The van der Waals surface area contributed by atoms with Crippen LogP contribution in [0, 0.1) is 0 Å². The number of phenolic OH excluding ortho intramolecular Hbond substituents is 1. The van der Waals surface area contributed by atoms with Crippen LogP contribution in [-0.4, -0.2) is 29.9 Å². The van der Waals surface area contributed by atoms with Crippen molar-refractivity contribution < 1.29 is 19.4 Å². The molecule has 3 amide bonds. The minimum Gasteiger partial charge on any atom is -0.507 e. The summed E-state index contributed by atoms with van der Waals surface area (Å²) < 4.78 is 5.38. The predicted molar refractivity (Wildman–Crippen MR) is 120 cm³/mol. The van der Waals surface area contributed by atoms with Gasteiger partial charge in [0.15, 0.2) is 6.61 Å². The van der Waals surface area contributed by atoms with Crippen molar-refractivity contribution in [3.8, 4) is 11.5 Å². The van der Waals surface area contributed by atoms with Crippen LogP contribution in [-0.2, 0) is 4.79 Å². The Hall–Kier alpha value is -4.04. The van der Waals surface area contributed by atoms with Crippen molar-refractivity contribution in [1.29, 1.82) is 0 Å². The smallest absolute Gasteiger partial charge is 0.323 e. The van der Waals surface area contributed by atoms with Gasteiger partial charge in [0.25, 0.3) is 5.91 Å². The fraction of sp³-hybridized carbons (Fsp3) is 0.0455. The van der Waals surface area contributed by atoms with Crippen LogP contribution < -0.4 is 20.8 Å². The molecule has 158 valence electrons. The maximum Gasteiger partial charge on any atom is 0.323 e. The third kappa shape index (κ3) is 7.06. The van der Waals surface area contributed by atoms with Gasteiger partial charge in [-0.05, 0) is 60.7 Å². The molecular weight excluding hydrogens is 420 g/mol. The summed E-state index contributed by atoms with van der Waals surface area (Å²) in [5.74, 6) is 0.0482. The van der Waals surface area contributed by atoms with E-state index in [4.69, 9.17) is 16.3 Å². The number of hydrogen-bond acceptors (Lipinski definition) is 5. The van der Waals surface area contributed by atoms with Crippen LogP contribution in [0.3, 0.4) is 0 Å². The summed E-state index contributed by atoms with van der Waals surface area (Å²) in [6, 6.07) is 19.5. The molecule has 0 spiro atoms. The number of nitrogens with one attached hydrogen (secondary N) is 3. The molecule has 0 unspecified atom stereocenters. The van der Waals surface area contributed by atoms with Crippen LogP contribution in [0.2, 0.25) is 5.02 Å². The number of benzene rings is 3. The number of hydrogen-bond donors (Lipinski definition) is 4. The fourth-order valence-corrected chi connectivity index (χ4v) is 2.54. The minimum absolute atomic E-state index is 0.0623. The van der Waals surface area contributed by atoms with E-state index in [0.29, 0.717) is 27.7 Å². The van der Waals surface area contributed by atoms with Gasteiger partial charge in [-0.25, -0.2) is 10.2 Å². The van der Waals surface area contributed by atoms with Crippen LogP contribution in [0.25, 0.3) is 0 Å². The Kier molecular flexibility index (Phi) is 7.45. The van der Waals surface area contributed by atoms with E-state index < -0.39 is 11.9 Å². The Bertz CT molecular complexity index is 1070. The first-order valence-corrected chi connectivity index (χ1v) is 9.54. The lowest BCUT2D eigenvalue weighted by molar-refractivity contribution is -0.123. The zero-order valence-corrected chi connectivity index (χ0v) is 17.0. The summed E-state index contributed by atoms with van der Waals surface area (Å²) in [5.41, 5.74) is 3.95. The molecule has 0 aliphatic carbocycles. The molecule has 0 aliphatic heterocycles. The predicted octanol–water partition coefficient (Wildman–Crippen LogP) is 4.22. The average Bonchev–Trinajstić information content (AvgIpc) is 2.76. The van der Waals surface area contributed by atoms with Crippen LogP contribution in [0.5, 0.6) is 11.5 Å². The molecule has 0 radical (unpaired) electrons. The molecule has 0 aliphatic rings. The normalized spacial score (nSPS) is 10.5. The number of nitrogens with zero attached hydrogens (tertiary/aromatic N) is 1. The van der Waals surface area contributed by atoms with Gasteiger partial charge in [0.1, 0.15) is 11.5 Å². The molecule has 3 rings (SSSR count). The van der Waals surface area contributed by atoms with Crippen LogP contribution >= 0.6 is 11.6 Å². The second-order valence-electron chi connectivity index (χ2n) is 6.25. The molecular formula is C22H19ClN4O4. The van der Waals surface area contributed by atoms with Crippen molar-refractivity contribution >= 4 is 41.1 Å². The highest BCUT2D eigenvalue weighted by Crippen LogP contribution is 2.17. The Morgan fingerprint density at radius 3 is 2.19 bits per heavy atom. The van der Waals surface area contributed by atoms with Crippen molar-refractivity contribution in [1.82, 2.24) is 5.43 Å². The number of carbonyl (C=O) groups excluding carboxylic acids is 2. The molecule has 0 saturated heterocycles. The highest BCUT2D eigenvalue weighted by molar-refractivity contribution is 6.30. The third-order valence-electron chi connectivity index (χ3n) is 3.91. The number of amides is 3. The van der Waals surface area contributed by atoms with Gasteiger partial charge in [-0.2, -0.15) is 5.10 Å². The molecule has 0 aromatic heterocycles. The molecule has 9 heteroatoms. The number of rotatable bonds is 7. The number of aromatic hydroxyl groups is 1. The SMILES string of the molecule is O=C(COc1ccc(NC(=O)Nc2ccc(Cl)cc2)cc1)N/N=C/c1ccccc1O. The number of phenols is 1. The minimum atomic E-state index is -0.462. The number of para-hydroxylation sites is 1. The number of carbonyl (C=O) groups is 2. The van der Waals surface area contributed by atoms with Crippen LogP contribution in [0.1, 0.15) is 5.56 Å². The zero-order valence-electron chi connectivity index (χ0n) is 16.2. The topological polar surface area (TPSA) is 112 Å². The van der Waals surface area contributed by atoms with Crippen molar-refractivity contribution in [2.24, 2.45) is 5.10 Å². The van der Waals surface area contributed by atoms with Gasteiger partial charge in [-0.1, -0.05) is 23.7 Å².